The second-order valence-electron chi connectivity index (χ2n) is 5.31. The molecule has 1 aliphatic rings. The van der Waals surface area contributed by atoms with Gasteiger partial charge < -0.3 is 9.74 Å². The first-order valence-corrected chi connectivity index (χ1v) is 9.02. The molecule has 1 N–H and O–H groups in total. The Labute approximate surface area is 122 Å². The van der Waals surface area contributed by atoms with E-state index in [-0.39, 0.29) is 0 Å². The van der Waals surface area contributed by atoms with Gasteiger partial charge in [0.2, 0.25) is 9.04 Å². The Bertz CT molecular complexity index is 472. The summed E-state index contributed by atoms with van der Waals surface area (Å²) in [6.07, 6.45) is 2.76. The summed E-state index contributed by atoms with van der Waals surface area (Å²) in [5, 5.41) is 6.17. The third-order valence-electron chi connectivity index (χ3n) is 3.78. The Hall–Kier alpha value is -1.42. The summed E-state index contributed by atoms with van der Waals surface area (Å²) in [4.78, 5) is 0. The molecule has 20 heavy (non-hydrogen) atoms. The molecule has 2 aromatic carbocycles. The molecule has 0 spiro atoms. The summed E-state index contributed by atoms with van der Waals surface area (Å²) >= 11 is 0. The van der Waals surface area contributed by atoms with E-state index >= 15 is 0 Å². The van der Waals surface area contributed by atoms with Gasteiger partial charge in [0.15, 0.2) is 0 Å². The molecule has 0 saturated carbocycles. The molecule has 0 radical (unpaired) electrons. The summed E-state index contributed by atoms with van der Waals surface area (Å²) in [6.45, 7) is 2.12. The van der Waals surface area contributed by atoms with Gasteiger partial charge in [-0.1, -0.05) is 60.7 Å². The molecule has 3 heteroatoms. The standard InChI is InChI=1S/C17H21NOSi/c1-3-9-16(10-4-1)20(17-11-5-2-6-12-17)19-15-8-7-13-18-14-15/h1-6,9-12,15,18,20H,7-8,13-14H2/t15-/m0/s1. The zero-order valence-corrected chi connectivity index (χ0v) is 12.8. The number of piperidine rings is 1. The molecule has 3 rings (SSSR count). The van der Waals surface area contributed by atoms with Crippen molar-refractivity contribution in [1.82, 2.24) is 5.32 Å². The SMILES string of the molecule is c1ccc([SiH](O[C@H]2CCCNC2)c2ccccc2)cc1. The summed E-state index contributed by atoms with van der Waals surface area (Å²) in [5.74, 6) is 0. The number of nitrogens with one attached hydrogen (secondary N) is 1. The molecule has 1 heterocycles. The van der Waals surface area contributed by atoms with Crippen molar-refractivity contribution in [3.63, 3.8) is 0 Å². The quantitative estimate of drug-likeness (QED) is 0.854. The highest BCUT2D eigenvalue weighted by Gasteiger charge is 2.23. The summed E-state index contributed by atoms with van der Waals surface area (Å²) in [5.41, 5.74) is 0. The van der Waals surface area contributed by atoms with Gasteiger partial charge in [-0.25, -0.2) is 0 Å². The monoisotopic (exact) mass is 283 g/mol. The predicted octanol–water partition coefficient (Wildman–Crippen LogP) is 1.29. The van der Waals surface area contributed by atoms with Crippen LogP contribution in [-0.4, -0.2) is 28.2 Å². The minimum Gasteiger partial charge on any atom is -0.407 e. The first kappa shape index (κ1) is 13.6. The van der Waals surface area contributed by atoms with E-state index in [0.717, 1.165) is 13.1 Å². The Morgan fingerprint density at radius 1 is 0.900 bits per heavy atom. The highest BCUT2D eigenvalue weighted by molar-refractivity contribution is 6.80. The molecule has 1 saturated heterocycles. The Kier molecular flexibility index (Phi) is 4.63. The number of rotatable bonds is 4. The van der Waals surface area contributed by atoms with Crippen molar-refractivity contribution in [2.75, 3.05) is 13.1 Å². The van der Waals surface area contributed by atoms with Crippen molar-refractivity contribution < 1.29 is 4.43 Å². The molecule has 0 aliphatic carbocycles. The van der Waals surface area contributed by atoms with Gasteiger partial charge in [-0.05, 0) is 29.8 Å². The fourth-order valence-electron chi connectivity index (χ4n) is 2.73. The van der Waals surface area contributed by atoms with Gasteiger partial charge in [0.1, 0.15) is 0 Å². The molecule has 0 bridgehead atoms. The lowest BCUT2D eigenvalue weighted by atomic mass is 10.1. The third kappa shape index (κ3) is 3.36. The van der Waals surface area contributed by atoms with Crippen LogP contribution in [0.25, 0.3) is 0 Å². The number of benzene rings is 2. The van der Waals surface area contributed by atoms with Crippen LogP contribution in [0.2, 0.25) is 0 Å². The van der Waals surface area contributed by atoms with Crippen molar-refractivity contribution >= 4 is 19.4 Å². The molecule has 1 fully saturated rings. The molecular formula is C17H21NOSi. The average Bonchev–Trinajstić information content (AvgIpc) is 2.55. The van der Waals surface area contributed by atoms with Crippen LogP contribution in [0.4, 0.5) is 0 Å². The minimum absolute atomic E-state index is 0.362. The van der Waals surface area contributed by atoms with E-state index in [4.69, 9.17) is 4.43 Å². The van der Waals surface area contributed by atoms with Gasteiger partial charge in [0, 0.05) is 6.54 Å². The summed E-state index contributed by atoms with van der Waals surface area (Å²) < 4.78 is 6.54. The largest absolute Gasteiger partial charge is 0.407 e. The second-order valence-corrected chi connectivity index (χ2v) is 7.67. The first-order chi connectivity index (χ1) is 9.93. The lowest BCUT2D eigenvalue weighted by Gasteiger charge is -2.28. The molecule has 2 aromatic rings. The van der Waals surface area contributed by atoms with Crippen LogP contribution >= 0.6 is 0 Å². The van der Waals surface area contributed by atoms with Crippen molar-refractivity contribution in [3.8, 4) is 0 Å². The predicted molar refractivity (Wildman–Crippen MR) is 86.3 cm³/mol. The highest BCUT2D eigenvalue weighted by atomic mass is 28.3. The van der Waals surface area contributed by atoms with Gasteiger partial charge in [-0.3, -0.25) is 0 Å². The maximum atomic E-state index is 6.54. The normalized spacial score (nSPS) is 19.1. The smallest absolute Gasteiger partial charge is 0.240 e. The van der Waals surface area contributed by atoms with E-state index in [0.29, 0.717) is 6.10 Å². The summed E-state index contributed by atoms with van der Waals surface area (Å²) in [7, 11) is -1.56. The van der Waals surface area contributed by atoms with Gasteiger partial charge in [0.05, 0.1) is 6.10 Å². The fourth-order valence-corrected chi connectivity index (χ4v) is 5.19. The second kappa shape index (κ2) is 6.84. The van der Waals surface area contributed by atoms with E-state index in [1.165, 1.54) is 23.2 Å². The Morgan fingerprint density at radius 2 is 1.50 bits per heavy atom. The van der Waals surface area contributed by atoms with Crippen LogP contribution < -0.4 is 15.7 Å². The van der Waals surface area contributed by atoms with Crippen LogP contribution in [0.1, 0.15) is 12.8 Å². The molecule has 104 valence electrons. The Balaban J connectivity index is 1.83. The molecule has 1 atom stereocenters. The third-order valence-corrected chi connectivity index (χ3v) is 6.42. The van der Waals surface area contributed by atoms with E-state index in [1.54, 1.807) is 0 Å². The lowest BCUT2D eigenvalue weighted by Crippen LogP contribution is -2.50. The minimum atomic E-state index is -1.56. The van der Waals surface area contributed by atoms with Gasteiger partial charge in [0.25, 0.3) is 0 Å². The molecule has 0 aromatic heterocycles. The van der Waals surface area contributed by atoms with E-state index in [2.05, 4.69) is 66.0 Å². The zero-order valence-electron chi connectivity index (χ0n) is 11.7. The Morgan fingerprint density at radius 3 is 2.00 bits per heavy atom. The van der Waals surface area contributed by atoms with Gasteiger partial charge in [-0.2, -0.15) is 0 Å². The maximum absolute atomic E-state index is 6.54. The van der Waals surface area contributed by atoms with E-state index in [9.17, 15) is 0 Å². The number of hydrogen-bond donors (Lipinski definition) is 1. The maximum Gasteiger partial charge on any atom is 0.240 e. The van der Waals surface area contributed by atoms with Crippen LogP contribution in [0, 0.1) is 0 Å². The molecule has 1 aliphatic heterocycles. The molecule has 2 nitrogen and oxygen atoms in total. The van der Waals surface area contributed by atoms with Crippen molar-refractivity contribution in [2.45, 2.75) is 18.9 Å². The molecule has 0 amide bonds. The first-order valence-electron chi connectivity index (χ1n) is 7.39. The van der Waals surface area contributed by atoms with Crippen LogP contribution in [0.15, 0.2) is 60.7 Å². The highest BCUT2D eigenvalue weighted by Crippen LogP contribution is 2.08. The van der Waals surface area contributed by atoms with E-state index in [1.807, 2.05) is 0 Å². The van der Waals surface area contributed by atoms with Crippen molar-refractivity contribution in [3.05, 3.63) is 60.7 Å². The topological polar surface area (TPSA) is 21.3 Å². The van der Waals surface area contributed by atoms with Crippen molar-refractivity contribution in [1.29, 1.82) is 0 Å². The zero-order chi connectivity index (χ0) is 13.6. The average molecular weight is 283 g/mol. The van der Waals surface area contributed by atoms with E-state index < -0.39 is 9.04 Å². The fraction of sp³-hybridized carbons (Fsp3) is 0.294. The van der Waals surface area contributed by atoms with Crippen molar-refractivity contribution in [2.24, 2.45) is 0 Å². The molecular weight excluding hydrogens is 262 g/mol. The van der Waals surface area contributed by atoms with Crippen LogP contribution in [0.3, 0.4) is 0 Å². The van der Waals surface area contributed by atoms with Gasteiger partial charge >= 0.3 is 0 Å². The van der Waals surface area contributed by atoms with Gasteiger partial charge in [-0.15, -0.1) is 0 Å². The number of hydrogen-bond acceptors (Lipinski definition) is 2. The lowest BCUT2D eigenvalue weighted by molar-refractivity contribution is 0.173. The molecule has 0 unspecified atom stereocenters. The van der Waals surface area contributed by atoms with Crippen LogP contribution in [0.5, 0.6) is 0 Å². The van der Waals surface area contributed by atoms with Crippen LogP contribution in [-0.2, 0) is 4.43 Å². The summed E-state index contributed by atoms with van der Waals surface area (Å²) in [6, 6.07) is 21.4.